The summed E-state index contributed by atoms with van der Waals surface area (Å²) in [5, 5.41) is 0. The summed E-state index contributed by atoms with van der Waals surface area (Å²) in [7, 11) is 1.61. The van der Waals surface area contributed by atoms with Gasteiger partial charge in [0.2, 0.25) is 0 Å². The molecule has 14 heavy (non-hydrogen) atoms. The van der Waals surface area contributed by atoms with Crippen LogP contribution in [0.5, 0.6) is 0 Å². The standard InChI is InChI=1S/C11H20O3/c1-4-11(2,13-3)10(12)9-5-7-14-8-6-9/h9H,4-8H2,1-3H3. The predicted octanol–water partition coefficient (Wildman–Crippen LogP) is 1.80. The molecule has 3 nitrogen and oxygen atoms in total. The fraction of sp³-hybridized carbons (Fsp3) is 0.909. The predicted molar refractivity (Wildman–Crippen MR) is 54.3 cm³/mol. The third-order valence-electron chi connectivity index (χ3n) is 3.24. The quantitative estimate of drug-likeness (QED) is 0.694. The molecular formula is C11H20O3. The van der Waals surface area contributed by atoms with Gasteiger partial charge in [-0.25, -0.2) is 0 Å². The van der Waals surface area contributed by atoms with Gasteiger partial charge in [0, 0.05) is 26.2 Å². The van der Waals surface area contributed by atoms with Crippen molar-refractivity contribution in [2.45, 2.75) is 38.7 Å². The fourth-order valence-electron chi connectivity index (χ4n) is 1.81. The van der Waals surface area contributed by atoms with E-state index in [0.29, 0.717) is 13.2 Å². The van der Waals surface area contributed by atoms with E-state index < -0.39 is 5.60 Å². The molecule has 0 aromatic carbocycles. The third-order valence-corrected chi connectivity index (χ3v) is 3.24. The Hall–Kier alpha value is -0.410. The first-order valence-electron chi connectivity index (χ1n) is 5.31. The number of ether oxygens (including phenoxy) is 2. The van der Waals surface area contributed by atoms with E-state index in [-0.39, 0.29) is 11.7 Å². The Morgan fingerprint density at radius 2 is 2.07 bits per heavy atom. The molecular weight excluding hydrogens is 180 g/mol. The minimum atomic E-state index is -0.595. The highest BCUT2D eigenvalue weighted by atomic mass is 16.5. The number of carbonyl (C=O) groups excluding carboxylic acids is 1. The van der Waals surface area contributed by atoms with Gasteiger partial charge >= 0.3 is 0 Å². The lowest BCUT2D eigenvalue weighted by Crippen LogP contribution is -2.42. The second-order valence-electron chi connectivity index (χ2n) is 4.04. The maximum Gasteiger partial charge on any atom is 0.167 e. The first kappa shape index (κ1) is 11.7. The van der Waals surface area contributed by atoms with E-state index in [9.17, 15) is 4.79 Å². The molecule has 0 N–H and O–H groups in total. The van der Waals surface area contributed by atoms with Gasteiger partial charge in [-0.2, -0.15) is 0 Å². The second kappa shape index (κ2) is 4.89. The maximum atomic E-state index is 12.1. The molecule has 0 spiro atoms. The van der Waals surface area contributed by atoms with E-state index in [4.69, 9.17) is 9.47 Å². The van der Waals surface area contributed by atoms with Crippen molar-refractivity contribution in [3.8, 4) is 0 Å². The number of Topliss-reactive ketones (excluding diaryl/α,β-unsaturated/α-hetero) is 1. The van der Waals surface area contributed by atoms with Crippen molar-refractivity contribution in [3.63, 3.8) is 0 Å². The average Bonchev–Trinajstić information content (AvgIpc) is 2.28. The zero-order valence-electron chi connectivity index (χ0n) is 9.34. The summed E-state index contributed by atoms with van der Waals surface area (Å²) in [4.78, 5) is 12.1. The molecule has 1 atom stereocenters. The van der Waals surface area contributed by atoms with Gasteiger partial charge in [-0.05, 0) is 26.2 Å². The molecule has 0 aromatic heterocycles. The fourth-order valence-corrected chi connectivity index (χ4v) is 1.81. The Balaban J connectivity index is 2.61. The van der Waals surface area contributed by atoms with Crippen LogP contribution < -0.4 is 0 Å². The highest BCUT2D eigenvalue weighted by Gasteiger charge is 2.36. The average molecular weight is 200 g/mol. The number of methoxy groups -OCH3 is 1. The smallest absolute Gasteiger partial charge is 0.167 e. The zero-order valence-corrected chi connectivity index (χ0v) is 9.34. The lowest BCUT2D eigenvalue weighted by atomic mass is 9.84. The summed E-state index contributed by atoms with van der Waals surface area (Å²) in [5.41, 5.74) is -0.595. The van der Waals surface area contributed by atoms with Gasteiger partial charge in [0.25, 0.3) is 0 Å². The number of hydrogen-bond acceptors (Lipinski definition) is 3. The Morgan fingerprint density at radius 3 is 2.50 bits per heavy atom. The molecule has 1 aliphatic heterocycles. The molecule has 1 unspecified atom stereocenters. The van der Waals surface area contributed by atoms with E-state index in [1.807, 2.05) is 13.8 Å². The highest BCUT2D eigenvalue weighted by molar-refractivity contribution is 5.89. The van der Waals surface area contributed by atoms with Crippen LogP contribution in [0, 0.1) is 5.92 Å². The van der Waals surface area contributed by atoms with Crippen molar-refractivity contribution in [2.75, 3.05) is 20.3 Å². The molecule has 1 rings (SSSR count). The monoisotopic (exact) mass is 200 g/mol. The van der Waals surface area contributed by atoms with Crippen molar-refractivity contribution in [1.29, 1.82) is 0 Å². The lowest BCUT2D eigenvalue weighted by molar-refractivity contribution is -0.146. The number of carbonyl (C=O) groups is 1. The SMILES string of the molecule is CCC(C)(OC)C(=O)C1CCOCC1. The molecule has 0 saturated carbocycles. The second-order valence-corrected chi connectivity index (χ2v) is 4.04. The molecule has 82 valence electrons. The Bertz CT molecular complexity index is 191. The van der Waals surface area contributed by atoms with Crippen LogP contribution in [0.3, 0.4) is 0 Å². The Labute approximate surface area is 85.8 Å². The van der Waals surface area contributed by atoms with E-state index in [2.05, 4.69) is 0 Å². The third kappa shape index (κ3) is 2.34. The number of hydrogen-bond donors (Lipinski definition) is 0. The van der Waals surface area contributed by atoms with Gasteiger partial charge < -0.3 is 9.47 Å². The zero-order chi connectivity index (χ0) is 10.6. The molecule has 1 saturated heterocycles. The van der Waals surface area contributed by atoms with Crippen molar-refractivity contribution < 1.29 is 14.3 Å². The summed E-state index contributed by atoms with van der Waals surface area (Å²) in [5.74, 6) is 0.374. The van der Waals surface area contributed by atoms with Crippen LogP contribution >= 0.6 is 0 Å². The summed E-state index contributed by atoms with van der Waals surface area (Å²) >= 11 is 0. The van der Waals surface area contributed by atoms with Gasteiger partial charge in [0.1, 0.15) is 5.60 Å². The van der Waals surface area contributed by atoms with Crippen LogP contribution in [-0.2, 0) is 14.3 Å². The Kier molecular flexibility index (Phi) is 4.08. The minimum absolute atomic E-state index is 0.133. The summed E-state index contributed by atoms with van der Waals surface area (Å²) < 4.78 is 10.5. The number of rotatable bonds is 4. The van der Waals surface area contributed by atoms with Crippen LogP contribution in [-0.4, -0.2) is 31.7 Å². The highest BCUT2D eigenvalue weighted by Crippen LogP contribution is 2.26. The van der Waals surface area contributed by atoms with Crippen molar-refractivity contribution in [1.82, 2.24) is 0 Å². The largest absolute Gasteiger partial charge is 0.381 e. The normalized spacial score (nSPS) is 23.1. The van der Waals surface area contributed by atoms with Gasteiger partial charge in [0.05, 0.1) is 0 Å². The van der Waals surface area contributed by atoms with Crippen LogP contribution in [0.2, 0.25) is 0 Å². The molecule has 1 aliphatic rings. The van der Waals surface area contributed by atoms with E-state index >= 15 is 0 Å². The lowest BCUT2D eigenvalue weighted by Gasteiger charge is -2.31. The summed E-state index contributed by atoms with van der Waals surface area (Å²) in [6, 6.07) is 0. The minimum Gasteiger partial charge on any atom is -0.381 e. The Morgan fingerprint density at radius 1 is 1.50 bits per heavy atom. The van der Waals surface area contributed by atoms with Gasteiger partial charge in [-0.15, -0.1) is 0 Å². The van der Waals surface area contributed by atoms with E-state index in [0.717, 1.165) is 19.3 Å². The molecule has 0 bridgehead atoms. The van der Waals surface area contributed by atoms with Gasteiger partial charge in [-0.1, -0.05) is 6.92 Å². The molecule has 0 aliphatic carbocycles. The van der Waals surface area contributed by atoms with Crippen molar-refractivity contribution in [3.05, 3.63) is 0 Å². The van der Waals surface area contributed by atoms with Crippen LogP contribution in [0.25, 0.3) is 0 Å². The summed E-state index contributed by atoms with van der Waals surface area (Å²) in [6.45, 7) is 5.28. The van der Waals surface area contributed by atoms with Gasteiger partial charge in [0.15, 0.2) is 5.78 Å². The molecule has 1 fully saturated rings. The van der Waals surface area contributed by atoms with Crippen LogP contribution in [0.15, 0.2) is 0 Å². The van der Waals surface area contributed by atoms with Crippen LogP contribution in [0.1, 0.15) is 33.1 Å². The summed E-state index contributed by atoms with van der Waals surface area (Å²) in [6.07, 6.45) is 2.43. The molecule has 1 heterocycles. The maximum absolute atomic E-state index is 12.1. The molecule has 0 amide bonds. The van der Waals surface area contributed by atoms with E-state index in [1.165, 1.54) is 0 Å². The molecule has 0 radical (unpaired) electrons. The van der Waals surface area contributed by atoms with Crippen molar-refractivity contribution in [2.24, 2.45) is 5.92 Å². The molecule has 0 aromatic rings. The first-order valence-corrected chi connectivity index (χ1v) is 5.31. The van der Waals surface area contributed by atoms with Crippen LogP contribution in [0.4, 0.5) is 0 Å². The van der Waals surface area contributed by atoms with Gasteiger partial charge in [-0.3, -0.25) is 4.79 Å². The number of ketones is 1. The van der Waals surface area contributed by atoms with Crippen molar-refractivity contribution >= 4 is 5.78 Å². The topological polar surface area (TPSA) is 35.5 Å². The van der Waals surface area contributed by atoms with E-state index in [1.54, 1.807) is 7.11 Å². The molecule has 3 heteroatoms. The first-order chi connectivity index (χ1) is 6.64.